The Morgan fingerprint density at radius 3 is 2.59 bits per heavy atom. The van der Waals surface area contributed by atoms with Crippen LogP contribution in [0.25, 0.3) is 10.8 Å². The smallest absolute Gasteiger partial charge is 0.407 e. The maximum absolute atomic E-state index is 13.0. The molecule has 1 aliphatic rings. The van der Waals surface area contributed by atoms with E-state index in [4.69, 9.17) is 16.3 Å². The zero-order chi connectivity index (χ0) is 29.1. The van der Waals surface area contributed by atoms with Gasteiger partial charge in [0, 0.05) is 40.3 Å². The zero-order valence-electron chi connectivity index (χ0n) is 23.0. The fourth-order valence-electron chi connectivity index (χ4n) is 4.64. The summed E-state index contributed by atoms with van der Waals surface area (Å²) in [6.07, 6.45) is 1.75. The van der Waals surface area contributed by atoms with E-state index in [1.807, 2.05) is 54.6 Å². The van der Waals surface area contributed by atoms with Crippen LogP contribution in [0.15, 0.2) is 79.0 Å². The number of hydrogen-bond donors (Lipinski definition) is 3. The summed E-state index contributed by atoms with van der Waals surface area (Å²) in [5, 5.41) is 11.0. The SMILES string of the molecule is CC(C)(C)OC(=O)NCc1ccnc(NC(=O)c2cccc([C@@H]3C[C@H]3C(=O)Nc3ccc4cccc(Cl)c4c3)c2)c1. The number of rotatable bonds is 7. The molecule has 1 saturated carbocycles. The molecule has 0 unspecified atom stereocenters. The van der Waals surface area contributed by atoms with Gasteiger partial charge in [0.1, 0.15) is 11.4 Å². The number of alkyl carbamates (subject to hydrolysis) is 1. The number of nitrogens with zero attached hydrogens (tertiary/aromatic N) is 1. The number of halogens is 1. The van der Waals surface area contributed by atoms with Crippen molar-refractivity contribution in [3.8, 4) is 0 Å². The average molecular weight is 571 g/mol. The van der Waals surface area contributed by atoms with Crippen LogP contribution in [0.4, 0.5) is 16.3 Å². The van der Waals surface area contributed by atoms with Gasteiger partial charge in [-0.1, -0.05) is 41.9 Å². The number of amides is 3. The van der Waals surface area contributed by atoms with Gasteiger partial charge in [-0.3, -0.25) is 9.59 Å². The minimum absolute atomic E-state index is 0.0344. The summed E-state index contributed by atoms with van der Waals surface area (Å²) in [5.41, 5.74) is 2.27. The van der Waals surface area contributed by atoms with Crippen molar-refractivity contribution in [2.24, 2.45) is 5.92 Å². The van der Waals surface area contributed by atoms with Gasteiger partial charge in [0.05, 0.1) is 0 Å². The van der Waals surface area contributed by atoms with Crippen LogP contribution < -0.4 is 16.0 Å². The summed E-state index contributed by atoms with van der Waals surface area (Å²) in [5.74, 6) is -0.148. The number of fused-ring (bicyclic) bond motifs is 1. The van der Waals surface area contributed by atoms with Gasteiger partial charge in [-0.05, 0) is 92.1 Å². The van der Waals surface area contributed by atoms with E-state index in [2.05, 4.69) is 20.9 Å². The summed E-state index contributed by atoms with van der Waals surface area (Å²) < 4.78 is 5.25. The molecule has 2 atom stereocenters. The zero-order valence-corrected chi connectivity index (χ0v) is 23.8. The van der Waals surface area contributed by atoms with Crippen molar-refractivity contribution < 1.29 is 19.1 Å². The summed E-state index contributed by atoms with van der Waals surface area (Å²) in [7, 11) is 0. The monoisotopic (exact) mass is 570 g/mol. The molecular weight excluding hydrogens is 540 g/mol. The van der Waals surface area contributed by atoms with Gasteiger partial charge in [0.15, 0.2) is 0 Å². The Hall–Kier alpha value is -4.43. The molecule has 0 saturated heterocycles. The molecule has 4 aromatic rings. The number of nitrogens with one attached hydrogen (secondary N) is 3. The third kappa shape index (κ3) is 7.21. The maximum Gasteiger partial charge on any atom is 0.407 e. The lowest BCUT2D eigenvalue weighted by molar-refractivity contribution is -0.117. The molecule has 41 heavy (non-hydrogen) atoms. The van der Waals surface area contributed by atoms with Crippen LogP contribution in [0, 0.1) is 5.92 Å². The third-order valence-corrected chi connectivity index (χ3v) is 7.03. The standard InChI is InChI=1S/C32H31ClN4O4/c1-32(2,3)41-31(40)35-18-19-12-13-34-28(14-19)37-29(38)22-8-4-7-21(15-22)24-17-26(24)30(39)36-23-11-10-20-6-5-9-27(33)25(20)16-23/h4-16,24,26H,17-18H2,1-3H3,(H,35,40)(H,36,39)(H,34,37,38)/t24-,26+/m0/s1. The summed E-state index contributed by atoms with van der Waals surface area (Å²) in [6.45, 7) is 5.61. The first-order valence-corrected chi connectivity index (χ1v) is 13.8. The lowest BCUT2D eigenvalue weighted by Crippen LogP contribution is -2.32. The highest BCUT2D eigenvalue weighted by Crippen LogP contribution is 2.48. The van der Waals surface area contributed by atoms with Crippen molar-refractivity contribution in [2.75, 3.05) is 10.6 Å². The maximum atomic E-state index is 13.0. The Kier molecular flexibility index (Phi) is 7.94. The molecule has 3 N–H and O–H groups in total. The molecule has 3 amide bonds. The predicted octanol–water partition coefficient (Wildman–Crippen LogP) is 6.91. The quantitative estimate of drug-likeness (QED) is 0.224. The lowest BCUT2D eigenvalue weighted by atomic mass is 10.0. The molecule has 9 heteroatoms. The molecule has 0 bridgehead atoms. The van der Waals surface area contributed by atoms with Crippen LogP contribution in [0.5, 0.6) is 0 Å². The van der Waals surface area contributed by atoms with Gasteiger partial charge in [-0.15, -0.1) is 0 Å². The first kappa shape index (κ1) is 28.1. The number of anilines is 2. The highest BCUT2D eigenvalue weighted by atomic mass is 35.5. The van der Waals surface area contributed by atoms with Gasteiger partial charge >= 0.3 is 6.09 Å². The second kappa shape index (κ2) is 11.6. The van der Waals surface area contributed by atoms with Gasteiger partial charge in [-0.25, -0.2) is 9.78 Å². The van der Waals surface area contributed by atoms with Gasteiger partial charge in [0.25, 0.3) is 5.91 Å². The molecule has 1 aromatic heterocycles. The summed E-state index contributed by atoms with van der Waals surface area (Å²) in [6, 6.07) is 22.1. The van der Waals surface area contributed by atoms with Crippen molar-refractivity contribution in [1.29, 1.82) is 0 Å². The molecular formula is C32H31ClN4O4. The van der Waals surface area contributed by atoms with Crippen molar-refractivity contribution in [3.05, 3.63) is 101 Å². The predicted molar refractivity (Wildman–Crippen MR) is 160 cm³/mol. The van der Waals surface area contributed by atoms with Gasteiger partial charge < -0.3 is 20.7 Å². The Bertz CT molecular complexity index is 1630. The molecule has 1 heterocycles. The fraction of sp³-hybridized carbons (Fsp3) is 0.250. The molecule has 8 nitrogen and oxygen atoms in total. The molecule has 210 valence electrons. The highest BCUT2D eigenvalue weighted by Gasteiger charge is 2.44. The van der Waals surface area contributed by atoms with Crippen LogP contribution in [-0.2, 0) is 16.1 Å². The van der Waals surface area contributed by atoms with Crippen LogP contribution in [0.3, 0.4) is 0 Å². The minimum atomic E-state index is -0.591. The Labute approximate surface area is 243 Å². The minimum Gasteiger partial charge on any atom is -0.444 e. The molecule has 1 fully saturated rings. The second-order valence-electron chi connectivity index (χ2n) is 11.1. The van der Waals surface area contributed by atoms with E-state index >= 15 is 0 Å². The number of pyridine rings is 1. The first-order valence-electron chi connectivity index (χ1n) is 13.4. The van der Waals surface area contributed by atoms with E-state index in [1.165, 1.54) is 0 Å². The Balaban J connectivity index is 1.18. The number of hydrogen-bond acceptors (Lipinski definition) is 5. The summed E-state index contributed by atoms with van der Waals surface area (Å²) in [4.78, 5) is 42.1. The molecule has 0 aliphatic heterocycles. The number of carbonyl (C=O) groups is 3. The van der Waals surface area contributed by atoms with Gasteiger partial charge in [0.2, 0.25) is 5.91 Å². The van der Waals surface area contributed by atoms with Crippen LogP contribution >= 0.6 is 11.6 Å². The largest absolute Gasteiger partial charge is 0.444 e. The van der Waals surface area contributed by atoms with Crippen LogP contribution in [-0.4, -0.2) is 28.5 Å². The lowest BCUT2D eigenvalue weighted by Gasteiger charge is -2.19. The molecule has 0 radical (unpaired) electrons. The highest BCUT2D eigenvalue weighted by molar-refractivity contribution is 6.35. The second-order valence-corrected chi connectivity index (χ2v) is 11.5. The van der Waals surface area contributed by atoms with Crippen molar-refractivity contribution in [1.82, 2.24) is 10.3 Å². The Morgan fingerprint density at radius 1 is 0.976 bits per heavy atom. The fourth-order valence-corrected chi connectivity index (χ4v) is 4.88. The van der Waals surface area contributed by atoms with E-state index in [-0.39, 0.29) is 30.2 Å². The Morgan fingerprint density at radius 2 is 1.78 bits per heavy atom. The van der Waals surface area contributed by atoms with Gasteiger partial charge in [-0.2, -0.15) is 0 Å². The number of aromatic nitrogens is 1. The number of benzene rings is 3. The van der Waals surface area contributed by atoms with Crippen molar-refractivity contribution in [3.63, 3.8) is 0 Å². The van der Waals surface area contributed by atoms with E-state index < -0.39 is 11.7 Å². The van der Waals surface area contributed by atoms with E-state index in [1.54, 1.807) is 45.2 Å². The number of ether oxygens (including phenoxy) is 1. The van der Waals surface area contributed by atoms with E-state index in [0.29, 0.717) is 28.5 Å². The van der Waals surface area contributed by atoms with E-state index in [0.717, 1.165) is 21.9 Å². The molecule has 3 aromatic carbocycles. The van der Waals surface area contributed by atoms with Crippen LogP contribution in [0.1, 0.15) is 54.6 Å². The molecule has 0 spiro atoms. The molecule has 5 rings (SSSR count). The normalized spacial score (nSPS) is 16.1. The molecule has 1 aliphatic carbocycles. The third-order valence-electron chi connectivity index (χ3n) is 6.70. The average Bonchev–Trinajstić information content (AvgIpc) is 3.73. The van der Waals surface area contributed by atoms with Crippen molar-refractivity contribution >= 4 is 51.8 Å². The van der Waals surface area contributed by atoms with Crippen molar-refractivity contribution in [2.45, 2.75) is 45.3 Å². The topological polar surface area (TPSA) is 109 Å². The number of carbonyl (C=O) groups excluding carboxylic acids is 3. The summed E-state index contributed by atoms with van der Waals surface area (Å²) >= 11 is 6.32. The van der Waals surface area contributed by atoms with E-state index in [9.17, 15) is 14.4 Å². The first-order chi connectivity index (χ1) is 19.6. The van der Waals surface area contributed by atoms with Crippen LogP contribution in [0.2, 0.25) is 5.02 Å².